The lowest BCUT2D eigenvalue weighted by Gasteiger charge is -2.41. The first kappa shape index (κ1) is 23.9. The second-order valence-corrected chi connectivity index (χ2v) is 10.2. The number of sulfonamides is 1. The number of ether oxygens (including phenoxy) is 2. The monoisotopic (exact) mass is 460 g/mol. The Bertz CT molecular complexity index is 1080. The summed E-state index contributed by atoms with van der Waals surface area (Å²) in [5.41, 5.74) is 1.73. The summed E-state index contributed by atoms with van der Waals surface area (Å²) in [6.45, 7) is 5.67. The number of rotatable bonds is 8. The molecule has 0 bridgehead atoms. The Morgan fingerprint density at radius 3 is 2.53 bits per heavy atom. The van der Waals surface area contributed by atoms with Crippen molar-refractivity contribution in [1.29, 1.82) is 0 Å². The van der Waals surface area contributed by atoms with Crippen molar-refractivity contribution < 1.29 is 22.7 Å². The Labute approximate surface area is 190 Å². The van der Waals surface area contributed by atoms with E-state index in [0.717, 1.165) is 40.3 Å². The molecule has 0 unspecified atom stereocenters. The van der Waals surface area contributed by atoms with Gasteiger partial charge in [-0.2, -0.15) is 0 Å². The molecule has 1 heterocycles. The number of carbonyl (C=O) groups is 1. The second-order valence-electron chi connectivity index (χ2n) is 8.30. The van der Waals surface area contributed by atoms with Crippen LogP contribution in [-0.4, -0.2) is 39.8 Å². The molecule has 32 heavy (non-hydrogen) atoms. The summed E-state index contributed by atoms with van der Waals surface area (Å²) in [6.07, 6.45) is 3.32. The van der Waals surface area contributed by atoms with Crippen LogP contribution >= 0.6 is 0 Å². The van der Waals surface area contributed by atoms with E-state index in [9.17, 15) is 13.2 Å². The third-order valence-corrected chi connectivity index (χ3v) is 7.24. The van der Waals surface area contributed by atoms with Crippen LogP contribution in [0, 0.1) is 6.92 Å². The fraction of sp³-hybridized carbons (Fsp3) is 0.458. The molecule has 7 nitrogen and oxygen atoms in total. The van der Waals surface area contributed by atoms with Crippen LogP contribution in [0.5, 0.6) is 11.5 Å². The van der Waals surface area contributed by atoms with Crippen LogP contribution in [0.2, 0.25) is 0 Å². The van der Waals surface area contributed by atoms with Gasteiger partial charge in [0.1, 0.15) is 23.6 Å². The molecule has 0 saturated heterocycles. The van der Waals surface area contributed by atoms with Crippen molar-refractivity contribution in [3.63, 3.8) is 0 Å². The predicted octanol–water partition coefficient (Wildman–Crippen LogP) is 3.97. The van der Waals surface area contributed by atoms with E-state index in [1.165, 1.54) is 7.11 Å². The minimum atomic E-state index is -3.73. The highest BCUT2D eigenvalue weighted by atomic mass is 32.2. The van der Waals surface area contributed by atoms with Crippen LogP contribution in [0.3, 0.4) is 0 Å². The molecule has 3 rings (SSSR count). The van der Waals surface area contributed by atoms with Gasteiger partial charge in [0.15, 0.2) is 0 Å². The Hall–Kier alpha value is -2.74. The number of para-hydroxylation sites is 1. The summed E-state index contributed by atoms with van der Waals surface area (Å²) >= 11 is 0. The van der Waals surface area contributed by atoms with Gasteiger partial charge < -0.3 is 14.8 Å². The number of methoxy groups -OCH3 is 1. The lowest BCUT2D eigenvalue weighted by Crippen LogP contribution is -2.47. The number of amides is 1. The number of anilines is 1. The normalized spacial score (nSPS) is 17.1. The molecule has 174 valence electrons. The van der Waals surface area contributed by atoms with Crippen molar-refractivity contribution in [3.8, 4) is 11.5 Å². The van der Waals surface area contributed by atoms with Crippen LogP contribution in [0.15, 0.2) is 42.5 Å². The van der Waals surface area contributed by atoms with Gasteiger partial charge in [-0.25, -0.2) is 8.42 Å². The van der Waals surface area contributed by atoms with E-state index in [0.29, 0.717) is 17.9 Å². The number of hydrogen-bond donors (Lipinski definition) is 1. The van der Waals surface area contributed by atoms with E-state index in [-0.39, 0.29) is 24.1 Å². The van der Waals surface area contributed by atoms with Gasteiger partial charge in [-0.15, -0.1) is 0 Å². The highest BCUT2D eigenvalue weighted by Crippen LogP contribution is 2.42. The van der Waals surface area contributed by atoms with Crippen LogP contribution in [-0.2, 0) is 14.8 Å². The minimum absolute atomic E-state index is 0.270. The topological polar surface area (TPSA) is 84.9 Å². The SMILES string of the molecule is CCC1(CC)C[C@@H](NC(=O)CN(c2cc(C)ccc2OC)S(C)(=O)=O)c2ccccc2O1. The van der Waals surface area contributed by atoms with Crippen molar-refractivity contribution in [2.45, 2.75) is 51.7 Å². The Balaban J connectivity index is 1.89. The van der Waals surface area contributed by atoms with Crippen molar-refractivity contribution in [2.75, 3.05) is 24.2 Å². The lowest BCUT2D eigenvalue weighted by molar-refractivity contribution is -0.121. The molecule has 0 fully saturated rings. The molecular weight excluding hydrogens is 428 g/mol. The number of hydrogen-bond acceptors (Lipinski definition) is 5. The summed E-state index contributed by atoms with van der Waals surface area (Å²) in [6, 6.07) is 12.6. The number of fused-ring (bicyclic) bond motifs is 1. The fourth-order valence-corrected chi connectivity index (χ4v) is 5.03. The Morgan fingerprint density at radius 2 is 1.91 bits per heavy atom. The summed E-state index contributed by atoms with van der Waals surface area (Å²) in [5.74, 6) is 0.760. The van der Waals surface area contributed by atoms with E-state index in [1.807, 2.05) is 37.3 Å². The second kappa shape index (κ2) is 9.40. The molecule has 0 spiro atoms. The zero-order valence-electron chi connectivity index (χ0n) is 19.3. The summed E-state index contributed by atoms with van der Waals surface area (Å²) in [4.78, 5) is 13.1. The average Bonchev–Trinajstić information content (AvgIpc) is 2.76. The molecule has 0 aromatic heterocycles. The van der Waals surface area contributed by atoms with Crippen LogP contribution in [0.1, 0.15) is 50.3 Å². The molecule has 1 aliphatic rings. The quantitative estimate of drug-likeness (QED) is 0.644. The maximum atomic E-state index is 13.1. The largest absolute Gasteiger partial charge is 0.495 e. The molecule has 1 N–H and O–H groups in total. The minimum Gasteiger partial charge on any atom is -0.495 e. The van der Waals surface area contributed by atoms with Gasteiger partial charge in [0, 0.05) is 12.0 Å². The molecule has 1 atom stereocenters. The molecule has 2 aromatic carbocycles. The molecule has 0 aliphatic carbocycles. The maximum absolute atomic E-state index is 13.1. The van der Waals surface area contributed by atoms with Gasteiger partial charge >= 0.3 is 0 Å². The number of nitrogens with one attached hydrogen (secondary N) is 1. The van der Waals surface area contributed by atoms with E-state index in [4.69, 9.17) is 9.47 Å². The molecule has 1 amide bonds. The Morgan fingerprint density at radius 1 is 1.22 bits per heavy atom. The first-order chi connectivity index (χ1) is 15.1. The maximum Gasteiger partial charge on any atom is 0.241 e. The summed E-state index contributed by atoms with van der Waals surface area (Å²) < 4.78 is 38.0. The molecule has 8 heteroatoms. The highest BCUT2D eigenvalue weighted by molar-refractivity contribution is 7.92. The molecule has 2 aromatic rings. The number of aryl methyl sites for hydroxylation is 1. The van der Waals surface area contributed by atoms with Crippen LogP contribution in [0.25, 0.3) is 0 Å². The lowest BCUT2D eigenvalue weighted by atomic mass is 9.83. The molecule has 1 aliphatic heterocycles. The predicted molar refractivity (Wildman–Crippen MR) is 126 cm³/mol. The first-order valence-corrected chi connectivity index (χ1v) is 12.7. The van der Waals surface area contributed by atoms with Gasteiger partial charge in [0.2, 0.25) is 15.9 Å². The number of carbonyl (C=O) groups excluding carboxylic acids is 1. The molecular formula is C24H32N2O5S. The van der Waals surface area contributed by atoms with Gasteiger partial charge in [-0.1, -0.05) is 38.1 Å². The standard InChI is InChI=1S/C24H32N2O5S/c1-6-24(7-2)15-19(18-10-8-9-11-21(18)31-24)25-23(27)16-26(32(5,28)29)20-14-17(3)12-13-22(20)30-4/h8-14,19H,6-7,15-16H2,1-5H3,(H,25,27)/t19-/m1/s1. The van der Waals surface area contributed by atoms with E-state index >= 15 is 0 Å². The van der Waals surface area contributed by atoms with Gasteiger partial charge in [-0.3, -0.25) is 9.10 Å². The van der Waals surface area contributed by atoms with Crippen LogP contribution < -0.4 is 19.1 Å². The zero-order valence-corrected chi connectivity index (χ0v) is 20.2. The number of benzene rings is 2. The molecule has 0 saturated carbocycles. The van der Waals surface area contributed by atoms with Crippen LogP contribution in [0.4, 0.5) is 5.69 Å². The van der Waals surface area contributed by atoms with Gasteiger partial charge in [0.05, 0.1) is 25.1 Å². The smallest absolute Gasteiger partial charge is 0.241 e. The van der Waals surface area contributed by atoms with Crippen molar-refractivity contribution >= 4 is 21.6 Å². The van der Waals surface area contributed by atoms with E-state index in [1.54, 1.807) is 12.1 Å². The average molecular weight is 461 g/mol. The highest BCUT2D eigenvalue weighted by Gasteiger charge is 2.39. The van der Waals surface area contributed by atoms with Crippen molar-refractivity contribution in [2.24, 2.45) is 0 Å². The number of nitrogens with zero attached hydrogens (tertiary/aromatic N) is 1. The van der Waals surface area contributed by atoms with E-state index < -0.39 is 10.0 Å². The van der Waals surface area contributed by atoms with Gasteiger partial charge in [0.25, 0.3) is 0 Å². The van der Waals surface area contributed by atoms with Crippen molar-refractivity contribution in [3.05, 3.63) is 53.6 Å². The first-order valence-electron chi connectivity index (χ1n) is 10.8. The summed E-state index contributed by atoms with van der Waals surface area (Å²) in [5, 5.41) is 3.06. The fourth-order valence-electron chi connectivity index (χ4n) is 4.18. The zero-order chi connectivity index (χ0) is 23.5. The van der Waals surface area contributed by atoms with Gasteiger partial charge in [-0.05, 0) is 43.5 Å². The van der Waals surface area contributed by atoms with E-state index in [2.05, 4.69) is 19.2 Å². The summed E-state index contributed by atoms with van der Waals surface area (Å²) in [7, 11) is -2.25. The van der Waals surface area contributed by atoms with Crippen molar-refractivity contribution in [1.82, 2.24) is 5.32 Å². The Kier molecular flexibility index (Phi) is 7.03. The third kappa shape index (κ3) is 5.01. The third-order valence-electron chi connectivity index (χ3n) is 6.11. The molecule has 0 radical (unpaired) electrons.